The van der Waals surface area contributed by atoms with Crippen molar-refractivity contribution >= 4 is 106 Å². The molecule has 85 heavy (non-hydrogen) atoms. The van der Waals surface area contributed by atoms with Crippen molar-refractivity contribution in [3.05, 3.63) is 94.0 Å². The summed E-state index contributed by atoms with van der Waals surface area (Å²) < 4.78 is 0. The van der Waals surface area contributed by atoms with Gasteiger partial charge in [0.05, 0.1) is 23.1 Å². The van der Waals surface area contributed by atoms with Crippen LogP contribution in [0.25, 0.3) is 0 Å². The molecule has 0 aliphatic rings. The lowest BCUT2D eigenvalue weighted by molar-refractivity contribution is -0.139. The fourth-order valence-electron chi connectivity index (χ4n) is 8.21. The van der Waals surface area contributed by atoms with Gasteiger partial charge in [0.25, 0.3) is 5.91 Å². The van der Waals surface area contributed by atoms with Crippen LogP contribution in [0, 0.1) is 17.8 Å². The van der Waals surface area contributed by atoms with Gasteiger partial charge in [0.2, 0.25) is 53.2 Å². The molecule has 14 N–H and O–H groups in total. The van der Waals surface area contributed by atoms with Crippen LogP contribution in [-0.2, 0) is 59.2 Å². The molecule has 3 rings (SSSR count). The van der Waals surface area contributed by atoms with Crippen LogP contribution in [0.15, 0.2) is 77.7 Å². The number of aliphatic carboxylic acids is 2. The van der Waals surface area contributed by atoms with E-state index in [0.29, 0.717) is 16.0 Å². The van der Waals surface area contributed by atoms with Crippen molar-refractivity contribution in [2.45, 2.75) is 139 Å². The average Bonchev–Trinajstić information content (AvgIpc) is 3.61. The van der Waals surface area contributed by atoms with Crippen molar-refractivity contribution in [2.24, 2.45) is 23.5 Å². The first-order valence-electron chi connectivity index (χ1n) is 27.4. The summed E-state index contributed by atoms with van der Waals surface area (Å²) in [7, 11) is 0. The minimum atomic E-state index is -1.70. The topological polar surface area (TPSA) is 400 Å². The molecule has 0 saturated carbocycles. The fourth-order valence-corrected chi connectivity index (χ4v) is 9.71. The van der Waals surface area contributed by atoms with E-state index in [1.165, 1.54) is 30.3 Å². The predicted octanol–water partition coefficient (Wildman–Crippen LogP) is 2.33. The zero-order chi connectivity index (χ0) is 63.5. The Morgan fingerprint density at radius 3 is 1.68 bits per heavy atom. The first kappa shape index (κ1) is 71.3. The van der Waals surface area contributed by atoms with Crippen LogP contribution in [-0.4, -0.2) is 147 Å². The molecule has 3 aromatic carbocycles. The maximum Gasteiger partial charge on any atom is 0.317 e. The van der Waals surface area contributed by atoms with E-state index in [1.54, 1.807) is 84.0 Å². The van der Waals surface area contributed by atoms with Crippen LogP contribution in [0.4, 0.5) is 0 Å². The molecule has 25 nitrogen and oxygen atoms in total. The van der Waals surface area contributed by atoms with Crippen molar-refractivity contribution in [3.63, 3.8) is 0 Å². The van der Waals surface area contributed by atoms with Crippen LogP contribution in [0.3, 0.4) is 0 Å². The van der Waals surface area contributed by atoms with Gasteiger partial charge in [-0.2, -0.15) is 0 Å². The molecular weight excluding hydrogens is 1170 g/mol. The number of benzene rings is 3. The average molecular weight is 1240 g/mol. The number of unbranched alkanes of at least 4 members (excludes halogenated alkanes) is 1. The minimum Gasteiger partial charge on any atom is -0.508 e. The largest absolute Gasteiger partial charge is 0.508 e. The number of phenolic OH excluding ortho intramolecular Hbond substituents is 1. The molecular formula is C57H76Cl2N10O15S. The SMILES string of the molecule is CC(C)C[C@H](NC(=O)[C@@H](NC(=O)CNC(=O)c1ccccc1)C(C)C)C(=O)N[C@@H](CCCCNC(=O)C[C@H](Sc1cccc(Cl)c1Cl)C(=O)O)C(=O)N[C@@H](CCC(=O)O)C(=O)N[C@@H](Cc1ccc(O)cc1)C(=O)NCC(=O)N[C@H](C(N)=O)C(C)C. The summed E-state index contributed by atoms with van der Waals surface area (Å²) in [5, 5.41) is 51.5. The van der Waals surface area contributed by atoms with Crippen molar-refractivity contribution < 1.29 is 72.9 Å². The van der Waals surface area contributed by atoms with Gasteiger partial charge in [0, 0.05) is 36.3 Å². The van der Waals surface area contributed by atoms with E-state index in [4.69, 9.17) is 28.9 Å². The monoisotopic (exact) mass is 1240 g/mol. The van der Waals surface area contributed by atoms with Gasteiger partial charge >= 0.3 is 11.9 Å². The minimum absolute atomic E-state index is 0.00220. The van der Waals surface area contributed by atoms with E-state index in [2.05, 4.69) is 47.9 Å². The second-order valence-electron chi connectivity index (χ2n) is 21.0. The smallest absolute Gasteiger partial charge is 0.317 e. The van der Waals surface area contributed by atoms with E-state index in [9.17, 15) is 72.9 Å². The van der Waals surface area contributed by atoms with Gasteiger partial charge in [-0.25, -0.2) is 0 Å². The van der Waals surface area contributed by atoms with Crippen LogP contribution in [0.1, 0.15) is 102 Å². The Hall–Kier alpha value is -7.97. The number of carboxylic acids is 2. The number of hydrogen-bond donors (Lipinski definition) is 13. The van der Waals surface area contributed by atoms with Crippen LogP contribution < -0.4 is 53.6 Å². The second kappa shape index (κ2) is 36.0. The summed E-state index contributed by atoms with van der Waals surface area (Å²) in [5.41, 5.74) is 6.13. The summed E-state index contributed by atoms with van der Waals surface area (Å²) in [6, 6.07) is 9.89. The molecule has 10 amide bonds. The number of carbonyl (C=O) groups is 12. The second-order valence-corrected chi connectivity index (χ2v) is 23.0. The van der Waals surface area contributed by atoms with Gasteiger partial charge in [-0.1, -0.05) is 101 Å². The molecule has 0 saturated heterocycles. The summed E-state index contributed by atoms with van der Waals surface area (Å²) in [6.45, 7) is 8.86. The Labute approximate surface area is 506 Å². The Kier molecular flexibility index (Phi) is 30.2. The van der Waals surface area contributed by atoms with Crippen molar-refractivity contribution in [1.82, 2.24) is 47.9 Å². The summed E-state index contributed by atoms with van der Waals surface area (Å²) in [5.74, 6) is -12.2. The molecule has 0 aromatic heterocycles. The van der Waals surface area contributed by atoms with E-state index in [-0.39, 0.29) is 60.4 Å². The van der Waals surface area contributed by atoms with Crippen LogP contribution in [0.5, 0.6) is 5.75 Å². The Balaban J connectivity index is 1.92. The Morgan fingerprint density at radius 1 is 0.565 bits per heavy atom. The molecule has 0 bridgehead atoms. The van der Waals surface area contributed by atoms with Crippen molar-refractivity contribution in [1.29, 1.82) is 0 Å². The van der Waals surface area contributed by atoms with E-state index in [0.717, 1.165) is 11.8 Å². The van der Waals surface area contributed by atoms with Crippen LogP contribution in [0.2, 0.25) is 10.0 Å². The first-order chi connectivity index (χ1) is 40.1. The number of thioether (sulfide) groups is 1. The number of amides is 10. The highest BCUT2D eigenvalue weighted by atomic mass is 35.5. The van der Waals surface area contributed by atoms with E-state index < -0.39 is 157 Å². The quantitative estimate of drug-likeness (QED) is 0.0293. The fraction of sp³-hybridized carbons (Fsp3) is 0.474. The Bertz CT molecular complexity index is 2830. The molecule has 0 aliphatic carbocycles. The van der Waals surface area contributed by atoms with Gasteiger partial charge < -0.3 is 68.9 Å². The lowest BCUT2D eigenvalue weighted by Gasteiger charge is -2.28. The number of carbonyl (C=O) groups excluding carboxylic acids is 10. The predicted molar refractivity (Wildman–Crippen MR) is 316 cm³/mol. The van der Waals surface area contributed by atoms with Gasteiger partial charge in [0.1, 0.15) is 47.3 Å². The third-order valence-electron chi connectivity index (χ3n) is 12.8. The number of rotatable bonds is 36. The highest BCUT2D eigenvalue weighted by Crippen LogP contribution is 2.36. The number of primary amides is 1. The molecule has 28 heteroatoms. The number of nitrogens with two attached hydrogens (primary N) is 1. The highest BCUT2D eigenvalue weighted by molar-refractivity contribution is 8.00. The molecule has 7 atom stereocenters. The summed E-state index contributed by atoms with van der Waals surface area (Å²) in [4.78, 5) is 159. The van der Waals surface area contributed by atoms with Gasteiger partial charge in [-0.15, -0.1) is 11.8 Å². The lowest BCUT2D eigenvalue weighted by atomic mass is 9.99. The molecule has 0 aliphatic heterocycles. The number of nitrogens with one attached hydrogen (secondary N) is 9. The zero-order valence-electron chi connectivity index (χ0n) is 48.0. The zero-order valence-corrected chi connectivity index (χ0v) is 50.3. The van der Waals surface area contributed by atoms with Crippen LogP contribution >= 0.6 is 35.0 Å². The maximum absolute atomic E-state index is 14.5. The normalized spacial score (nSPS) is 13.5. The number of carboxylic acid groups (broad SMARTS) is 2. The van der Waals surface area contributed by atoms with E-state index in [1.807, 2.05) is 0 Å². The molecule has 0 radical (unpaired) electrons. The third-order valence-corrected chi connectivity index (χ3v) is 14.9. The lowest BCUT2D eigenvalue weighted by Crippen LogP contribution is -2.60. The molecule has 0 unspecified atom stereocenters. The van der Waals surface area contributed by atoms with Crippen molar-refractivity contribution in [2.75, 3.05) is 19.6 Å². The molecule has 3 aromatic rings. The first-order valence-corrected chi connectivity index (χ1v) is 29.0. The van der Waals surface area contributed by atoms with Crippen molar-refractivity contribution in [3.8, 4) is 5.75 Å². The summed E-state index contributed by atoms with van der Waals surface area (Å²) in [6.07, 6.45) is -1.96. The number of aromatic hydroxyl groups is 1. The van der Waals surface area contributed by atoms with E-state index >= 15 is 0 Å². The molecule has 464 valence electrons. The van der Waals surface area contributed by atoms with Gasteiger partial charge in [-0.05, 0) is 91.8 Å². The number of phenols is 1. The molecule has 0 fully saturated rings. The van der Waals surface area contributed by atoms with Gasteiger partial charge in [0.15, 0.2) is 0 Å². The summed E-state index contributed by atoms with van der Waals surface area (Å²) >= 11 is 13.2. The van der Waals surface area contributed by atoms with Gasteiger partial charge in [-0.3, -0.25) is 57.5 Å². The highest BCUT2D eigenvalue weighted by Gasteiger charge is 2.35. The maximum atomic E-state index is 14.5. The number of hydrogen-bond acceptors (Lipinski definition) is 14. The molecule has 0 spiro atoms. The third kappa shape index (κ3) is 25.8. The Morgan fingerprint density at radius 2 is 1.12 bits per heavy atom. The molecule has 0 heterocycles. The standard InChI is InChI=1S/C57H76Cl2N10O15S/c1-30(2)25-39(67-56(82)49(32(5)6)69-45(73)28-62-51(77)34-13-8-7-9-14-34)55(81)64-37(16-10-11-24-61-43(71)27-42(57(83)84)85-41-17-12-15-36(58)47(41)59)53(79)65-38(22-23-46(74)75)54(80)66-40(26-33-18-20-35(70)21-19-33)52(78)63-29-44(72)68-48(31(3)4)50(60)76/h7-9,12-15,17-21,30-32,37-40,42,48-49,70H,10-11,16,22-29H2,1-6H3,(H2,60,76)(H,61,71)(H,62,77)(H,63,78)(H,64,81)(H,65,79)(H,66,80)(H,67,82)(H,68,72)(H,69,73)(H,74,75)(H,83,84)/t37-,38-,39-,40-,42-,48-,49-/m0/s1. The number of halogens is 2.